The summed E-state index contributed by atoms with van der Waals surface area (Å²) >= 11 is 0. The lowest BCUT2D eigenvalue weighted by atomic mass is 10.1. The van der Waals surface area contributed by atoms with Gasteiger partial charge in [0.1, 0.15) is 11.5 Å². The number of carbonyl (C=O) groups is 1. The van der Waals surface area contributed by atoms with E-state index in [9.17, 15) is 18.0 Å². The third-order valence-electron chi connectivity index (χ3n) is 4.24. The van der Waals surface area contributed by atoms with E-state index in [1.54, 1.807) is 54.6 Å². The summed E-state index contributed by atoms with van der Waals surface area (Å²) in [5.74, 6) is 0.841. The highest BCUT2D eigenvalue weighted by Gasteiger charge is 2.30. The zero-order valence-corrected chi connectivity index (χ0v) is 15.1. The zero-order chi connectivity index (χ0) is 20.3. The lowest BCUT2D eigenvalue weighted by Crippen LogP contribution is -2.29. The van der Waals surface area contributed by atoms with Crippen molar-refractivity contribution in [2.75, 3.05) is 7.05 Å². The van der Waals surface area contributed by atoms with E-state index >= 15 is 0 Å². The first-order valence-corrected chi connectivity index (χ1v) is 8.37. The van der Waals surface area contributed by atoms with Crippen LogP contribution in [-0.4, -0.2) is 22.8 Å². The number of carbonyl (C=O) groups excluding carboxylic acids is 1. The smallest absolute Gasteiger partial charge is 0.417 e. The van der Waals surface area contributed by atoms with Crippen molar-refractivity contribution in [3.8, 4) is 11.6 Å². The normalized spacial score (nSPS) is 12.5. The molecule has 0 saturated carbocycles. The third kappa shape index (κ3) is 4.33. The molecule has 1 amide bonds. The molecule has 2 aromatic heterocycles. The van der Waals surface area contributed by atoms with Crippen LogP contribution in [0, 0.1) is 0 Å². The fourth-order valence-corrected chi connectivity index (χ4v) is 2.49. The third-order valence-corrected chi connectivity index (χ3v) is 4.24. The van der Waals surface area contributed by atoms with Crippen LogP contribution in [0.25, 0.3) is 0 Å². The summed E-state index contributed by atoms with van der Waals surface area (Å²) in [6.07, 6.45) is -2.20. The molecule has 1 atom stereocenters. The summed E-state index contributed by atoms with van der Waals surface area (Å²) in [7, 11) is 1.67. The zero-order valence-electron chi connectivity index (χ0n) is 15.1. The average Bonchev–Trinajstić information content (AvgIpc) is 3.21. The van der Waals surface area contributed by atoms with Crippen LogP contribution in [0.2, 0.25) is 0 Å². The second-order valence-electron chi connectivity index (χ2n) is 6.12. The first kappa shape index (κ1) is 19.5. The fraction of sp³-hybridized carbons (Fsp3) is 0.200. The number of nitrogens with zero attached hydrogens (tertiary/aromatic N) is 2. The molecular formula is C20H17F3N2O3. The molecule has 0 N–H and O–H groups in total. The van der Waals surface area contributed by atoms with Gasteiger partial charge in [-0.15, -0.1) is 0 Å². The van der Waals surface area contributed by atoms with Gasteiger partial charge in [-0.05, 0) is 49.4 Å². The Morgan fingerprint density at radius 3 is 2.39 bits per heavy atom. The van der Waals surface area contributed by atoms with Crippen LogP contribution in [0.1, 0.15) is 34.6 Å². The van der Waals surface area contributed by atoms with Crippen LogP contribution in [0.5, 0.6) is 11.6 Å². The van der Waals surface area contributed by atoms with Gasteiger partial charge >= 0.3 is 6.18 Å². The van der Waals surface area contributed by atoms with Gasteiger partial charge in [-0.3, -0.25) is 4.79 Å². The number of hydrogen-bond acceptors (Lipinski definition) is 4. The van der Waals surface area contributed by atoms with Crippen LogP contribution in [0.3, 0.4) is 0 Å². The van der Waals surface area contributed by atoms with E-state index in [1.165, 1.54) is 0 Å². The van der Waals surface area contributed by atoms with E-state index in [0.717, 1.165) is 12.1 Å². The molecule has 3 aromatic rings. The van der Waals surface area contributed by atoms with Crippen molar-refractivity contribution in [3.05, 3.63) is 77.9 Å². The first-order valence-electron chi connectivity index (χ1n) is 8.37. The van der Waals surface area contributed by atoms with E-state index in [2.05, 4.69) is 4.98 Å². The van der Waals surface area contributed by atoms with Crippen molar-refractivity contribution in [1.82, 2.24) is 9.88 Å². The number of aromatic nitrogens is 1. The molecule has 0 fully saturated rings. The molecular weight excluding hydrogens is 373 g/mol. The maximum absolute atomic E-state index is 12.6. The average molecular weight is 390 g/mol. The van der Waals surface area contributed by atoms with Gasteiger partial charge in [0.15, 0.2) is 0 Å². The van der Waals surface area contributed by atoms with Crippen molar-refractivity contribution < 1.29 is 27.1 Å². The molecule has 0 spiro atoms. The van der Waals surface area contributed by atoms with Gasteiger partial charge in [-0.2, -0.15) is 13.2 Å². The number of hydrogen-bond donors (Lipinski definition) is 0. The number of benzene rings is 1. The van der Waals surface area contributed by atoms with Crippen molar-refractivity contribution in [1.29, 1.82) is 0 Å². The standard InChI is InChI=1S/C20H17F3N2O3/c1-13(17-4-3-11-27-17)25(2)19(26)14-5-8-16(9-6-14)28-18-10-7-15(12-24-18)20(21,22)23/h3-13H,1-2H3. The summed E-state index contributed by atoms with van der Waals surface area (Å²) < 4.78 is 48.4. The quantitative estimate of drug-likeness (QED) is 0.592. The van der Waals surface area contributed by atoms with Gasteiger partial charge in [-0.1, -0.05) is 0 Å². The summed E-state index contributed by atoms with van der Waals surface area (Å²) in [5.41, 5.74) is -0.414. The molecule has 5 nitrogen and oxygen atoms in total. The Balaban J connectivity index is 1.67. The summed E-state index contributed by atoms with van der Waals surface area (Å²) in [6.45, 7) is 1.85. The monoisotopic (exact) mass is 390 g/mol. The molecule has 0 aliphatic rings. The molecule has 1 unspecified atom stereocenters. The van der Waals surface area contributed by atoms with Crippen LogP contribution in [0.15, 0.2) is 65.4 Å². The summed E-state index contributed by atoms with van der Waals surface area (Å²) in [4.78, 5) is 17.8. The second kappa shape index (κ2) is 7.75. The van der Waals surface area contributed by atoms with Crippen LogP contribution >= 0.6 is 0 Å². The number of alkyl halides is 3. The highest BCUT2D eigenvalue weighted by atomic mass is 19.4. The van der Waals surface area contributed by atoms with Crippen molar-refractivity contribution in [3.63, 3.8) is 0 Å². The summed E-state index contributed by atoms with van der Waals surface area (Å²) in [6, 6.07) is 11.6. The number of ether oxygens (including phenoxy) is 1. The van der Waals surface area contributed by atoms with Gasteiger partial charge in [-0.25, -0.2) is 4.98 Å². The molecule has 0 bridgehead atoms. The maximum atomic E-state index is 12.6. The van der Waals surface area contributed by atoms with Gasteiger partial charge in [0.25, 0.3) is 5.91 Å². The number of halogens is 3. The molecule has 1 aromatic carbocycles. The highest BCUT2D eigenvalue weighted by Crippen LogP contribution is 2.30. The maximum Gasteiger partial charge on any atom is 0.417 e. The molecule has 2 heterocycles. The molecule has 146 valence electrons. The Morgan fingerprint density at radius 1 is 1.14 bits per heavy atom. The lowest BCUT2D eigenvalue weighted by Gasteiger charge is -2.23. The van der Waals surface area contributed by atoms with E-state index in [1.807, 2.05) is 6.92 Å². The highest BCUT2D eigenvalue weighted by molar-refractivity contribution is 5.94. The SMILES string of the molecule is CC(c1ccco1)N(C)C(=O)c1ccc(Oc2ccc(C(F)(F)F)cn2)cc1. The van der Waals surface area contributed by atoms with Crippen LogP contribution in [0.4, 0.5) is 13.2 Å². The molecule has 8 heteroatoms. The largest absolute Gasteiger partial charge is 0.467 e. The molecule has 3 rings (SSSR count). The lowest BCUT2D eigenvalue weighted by molar-refractivity contribution is -0.137. The van der Waals surface area contributed by atoms with Crippen molar-refractivity contribution >= 4 is 5.91 Å². The molecule has 0 aliphatic heterocycles. The molecule has 28 heavy (non-hydrogen) atoms. The van der Waals surface area contributed by atoms with E-state index in [4.69, 9.17) is 9.15 Å². The first-order chi connectivity index (χ1) is 13.3. The van der Waals surface area contributed by atoms with Gasteiger partial charge in [0.05, 0.1) is 17.9 Å². The fourth-order valence-electron chi connectivity index (χ4n) is 2.49. The van der Waals surface area contributed by atoms with Crippen molar-refractivity contribution in [2.45, 2.75) is 19.1 Å². The number of amides is 1. The van der Waals surface area contributed by atoms with Crippen LogP contribution in [-0.2, 0) is 6.18 Å². The Bertz CT molecular complexity index is 921. The second-order valence-corrected chi connectivity index (χ2v) is 6.12. The van der Waals surface area contributed by atoms with Gasteiger partial charge in [0.2, 0.25) is 5.88 Å². The van der Waals surface area contributed by atoms with Gasteiger partial charge in [0, 0.05) is 24.9 Å². The predicted molar refractivity (Wildman–Crippen MR) is 95.0 cm³/mol. The molecule has 0 radical (unpaired) electrons. The number of rotatable bonds is 5. The van der Waals surface area contributed by atoms with E-state index in [0.29, 0.717) is 23.3 Å². The summed E-state index contributed by atoms with van der Waals surface area (Å²) in [5, 5.41) is 0. The van der Waals surface area contributed by atoms with Crippen LogP contribution < -0.4 is 4.74 Å². The van der Waals surface area contributed by atoms with Crippen molar-refractivity contribution in [2.24, 2.45) is 0 Å². The minimum atomic E-state index is -4.45. The number of pyridine rings is 1. The number of furan rings is 1. The van der Waals surface area contributed by atoms with E-state index < -0.39 is 11.7 Å². The van der Waals surface area contributed by atoms with E-state index in [-0.39, 0.29) is 17.8 Å². The Kier molecular flexibility index (Phi) is 5.39. The predicted octanol–water partition coefficient (Wildman–Crippen LogP) is 5.32. The Morgan fingerprint density at radius 2 is 1.86 bits per heavy atom. The Hall–Kier alpha value is -3.29. The minimum Gasteiger partial charge on any atom is -0.467 e. The molecule has 0 aliphatic carbocycles. The Labute approximate surface area is 159 Å². The minimum absolute atomic E-state index is 0.0237. The topological polar surface area (TPSA) is 55.6 Å². The molecule has 0 saturated heterocycles. The van der Waals surface area contributed by atoms with Gasteiger partial charge < -0.3 is 14.1 Å².